The molecule has 0 radical (unpaired) electrons. The molecule has 200 valence electrons. The van der Waals surface area contributed by atoms with Gasteiger partial charge in [-0.2, -0.15) is 0 Å². The highest BCUT2D eigenvalue weighted by molar-refractivity contribution is 5.80. The molecular formula is C36H52N+. The van der Waals surface area contributed by atoms with E-state index in [1.54, 1.807) is 0 Å². The molecule has 0 unspecified atom stereocenters. The molecule has 3 fully saturated rings. The minimum atomic E-state index is 0.444. The van der Waals surface area contributed by atoms with Crippen molar-refractivity contribution in [1.82, 2.24) is 0 Å². The van der Waals surface area contributed by atoms with Gasteiger partial charge in [-0.15, -0.1) is 0 Å². The van der Waals surface area contributed by atoms with Gasteiger partial charge in [-0.3, -0.25) is 0 Å². The number of hydrogen-bond acceptors (Lipinski definition) is 0. The van der Waals surface area contributed by atoms with E-state index in [-0.39, 0.29) is 0 Å². The van der Waals surface area contributed by atoms with E-state index < -0.39 is 0 Å². The van der Waals surface area contributed by atoms with Crippen LogP contribution in [0.25, 0.3) is 10.8 Å². The summed E-state index contributed by atoms with van der Waals surface area (Å²) in [5.41, 5.74) is 2.85. The summed E-state index contributed by atoms with van der Waals surface area (Å²) < 4.78 is 2.54. The van der Waals surface area contributed by atoms with Crippen LogP contribution in [-0.4, -0.2) is 0 Å². The van der Waals surface area contributed by atoms with Crippen molar-refractivity contribution in [2.24, 2.45) is 46.3 Å². The van der Waals surface area contributed by atoms with Crippen molar-refractivity contribution >= 4 is 10.8 Å². The van der Waals surface area contributed by atoms with Gasteiger partial charge in [0.2, 0.25) is 0 Å². The predicted molar refractivity (Wildman–Crippen MR) is 156 cm³/mol. The maximum absolute atomic E-state index is 2.76. The lowest BCUT2D eigenvalue weighted by Crippen LogP contribution is -2.52. The Morgan fingerprint density at radius 1 is 0.892 bits per heavy atom. The van der Waals surface area contributed by atoms with Gasteiger partial charge >= 0.3 is 0 Å². The monoisotopic (exact) mass is 498 g/mol. The molecule has 0 aliphatic heterocycles. The highest BCUT2D eigenvalue weighted by Crippen LogP contribution is 2.67. The number of rotatable bonds is 6. The second-order valence-corrected chi connectivity index (χ2v) is 14.7. The van der Waals surface area contributed by atoms with Crippen molar-refractivity contribution in [3.63, 3.8) is 0 Å². The zero-order valence-electron chi connectivity index (χ0n) is 24.4. The summed E-state index contributed by atoms with van der Waals surface area (Å²) in [6.45, 7) is 12.8. The third kappa shape index (κ3) is 4.41. The second-order valence-electron chi connectivity index (χ2n) is 14.7. The van der Waals surface area contributed by atoms with E-state index in [2.05, 4.69) is 88.0 Å². The number of fused-ring (bicyclic) bond motifs is 6. The SMILES string of the molecule is CC(C)CCC[C@@H](C)[C@H]1CC[C@H]2[C@@H]3CC=C4C[C@@H]([n+]5ccc6ccccc6c5)CC[C@]4(C)[C@H]3CC[C@]12C. The van der Waals surface area contributed by atoms with Crippen LogP contribution in [0.1, 0.15) is 111 Å². The first kappa shape index (κ1) is 25.6. The third-order valence-corrected chi connectivity index (χ3v) is 12.4. The van der Waals surface area contributed by atoms with Gasteiger partial charge in [0, 0.05) is 24.3 Å². The molecule has 37 heavy (non-hydrogen) atoms. The van der Waals surface area contributed by atoms with Gasteiger partial charge in [0.15, 0.2) is 18.4 Å². The second kappa shape index (κ2) is 9.84. The number of nitrogens with zero attached hydrogens (tertiary/aromatic N) is 1. The molecule has 1 nitrogen and oxygen atoms in total. The topological polar surface area (TPSA) is 3.88 Å². The molecule has 0 bridgehead atoms. The minimum Gasteiger partial charge on any atom is -0.202 e. The van der Waals surface area contributed by atoms with Gasteiger partial charge in [0.05, 0.1) is 0 Å². The van der Waals surface area contributed by atoms with E-state index in [0.29, 0.717) is 16.9 Å². The number of pyridine rings is 1. The van der Waals surface area contributed by atoms with Gasteiger partial charge in [-0.25, -0.2) is 4.57 Å². The summed E-state index contributed by atoms with van der Waals surface area (Å²) in [7, 11) is 0. The van der Waals surface area contributed by atoms with Crippen molar-refractivity contribution < 1.29 is 4.57 Å². The lowest BCUT2D eigenvalue weighted by Gasteiger charge is -2.58. The van der Waals surface area contributed by atoms with Crippen LogP contribution in [0.2, 0.25) is 0 Å². The van der Waals surface area contributed by atoms with Crippen molar-refractivity contribution in [1.29, 1.82) is 0 Å². The first-order valence-electron chi connectivity index (χ1n) is 15.9. The van der Waals surface area contributed by atoms with Crippen LogP contribution < -0.4 is 4.57 Å². The van der Waals surface area contributed by atoms with Crippen LogP contribution in [0, 0.1) is 46.3 Å². The number of aromatic nitrogens is 1. The zero-order chi connectivity index (χ0) is 25.8. The number of hydrogen-bond donors (Lipinski definition) is 0. The normalized spacial score (nSPS) is 38.1. The van der Waals surface area contributed by atoms with Gasteiger partial charge < -0.3 is 0 Å². The van der Waals surface area contributed by atoms with Gasteiger partial charge in [0.1, 0.15) is 0 Å². The van der Waals surface area contributed by atoms with Gasteiger partial charge in [-0.1, -0.05) is 83.7 Å². The predicted octanol–water partition coefficient (Wildman–Crippen LogP) is 9.71. The molecule has 1 heteroatoms. The smallest absolute Gasteiger partial charge is 0.176 e. The highest BCUT2D eigenvalue weighted by Gasteiger charge is 2.59. The molecule has 0 saturated heterocycles. The molecule has 1 aromatic carbocycles. The summed E-state index contributed by atoms with van der Waals surface area (Å²) in [6.07, 6.45) is 23.1. The average molecular weight is 499 g/mol. The fourth-order valence-corrected chi connectivity index (χ4v) is 10.3. The van der Waals surface area contributed by atoms with Crippen molar-refractivity contribution in [3.05, 3.63) is 54.4 Å². The van der Waals surface area contributed by atoms with Crippen molar-refractivity contribution in [3.8, 4) is 0 Å². The van der Waals surface area contributed by atoms with Gasteiger partial charge in [-0.05, 0) is 96.3 Å². The largest absolute Gasteiger partial charge is 0.202 e. The van der Waals surface area contributed by atoms with E-state index in [1.165, 1.54) is 81.4 Å². The van der Waals surface area contributed by atoms with Crippen LogP contribution in [0.15, 0.2) is 54.4 Å². The van der Waals surface area contributed by atoms with Crippen LogP contribution >= 0.6 is 0 Å². The quantitative estimate of drug-likeness (QED) is 0.276. The standard InChI is InChI=1S/C36H52N/c1-25(2)9-8-10-26(3)32-15-16-33-31-14-13-29-23-30(37-22-19-27-11-6-7-12-28(27)24-37)17-20-35(29,4)34(31)18-21-36(32,33)5/h6-7,11-13,19,22,24-26,30-34H,8-10,14-18,20-21,23H2,1-5H3/q+1/t26-,30+,31+,32-,33+,34+,35+,36-/m1/s1. The first-order valence-corrected chi connectivity index (χ1v) is 15.9. The summed E-state index contributed by atoms with van der Waals surface area (Å²) in [5.74, 6) is 5.54. The fraction of sp³-hybridized carbons (Fsp3) is 0.694. The fourth-order valence-electron chi connectivity index (χ4n) is 10.3. The van der Waals surface area contributed by atoms with E-state index in [4.69, 9.17) is 0 Å². The van der Waals surface area contributed by atoms with Crippen LogP contribution in [0.3, 0.4) is 0 Å². The molecule has 0 spiro atoms. The van der Waals surface area contributed by atoms with Crippen molar-refractivity contribution in [2.75, 3.05) is 0 Å². The van der Waals surface area contributed by atoms with Crippen molar-refractivity contribution in [2.45, 2.75) is 111 Å². The van der Waals surface area contributed by atoms with Gasteiger partial charge in [0.25, 0.3) is 0 Å². The Balaban J connectivity index is 1.18. The lowest BCUT2D eigenvalue weighted by molar-refractivity contribution is -0.723. The number of allylic oxidation sites excluding steroid dienone is 2. The zero-order valence-corrected chi connectivity index (χ0v) is 24.4. The Labute approximate surface area is 227 Å². The minimum absolute atomic E-state index is 0.444. The summed E-state index contributed by atoms with van der Waals surface area (Å²) in [4.78, 5) is 0. The Bertz CT molecular complexity index is 1140. The molecule has 2 aromatic rings. The molecule has 4 aliphatic carbocycles. The molecule has 8 atom stereocenters. The van der Waals surface area contributed by atoms with E-state index in [1.807, 2.05) is 5.57 Å². The van der Waals surface area contributed by atoms with Crippen LogP contribution in [0.4, 0.5) is 0 Å². The highest BCUT2D eigenvalue weighted by atomic mass is 15.0. The van der Waals surface area contributed by atoms with Crippen LogP contribution in [0.5, 0.6) is 0 Å². The third-order valence-electron chi connectivity index (χ3n) is 12.4. The molecular weight excluding hydrogens is 446 g/mol. The molecule has 4 aliphatic rings. The summed E-state index contributed by atoms with van der Waals surface area (Å²) >= 11 is 0. The summed E-state index contributed by atoms with van der Waals surface area (Å²) in [5, 5.41) is 2.73. The van der Waals surface area contributed by atoms with E-state index in [9.17, 15) is 0 Å². The maximum Gasteiger partial charge on any atom is 0.176 e. The molecule has 1 aromatic heterocycles. The average Bonchev–Trinajstić information content (AvgIpc) is 3.25. The lowest BCUT2D eigenvalue weighted by atomic mass is 9.47. The Hall–Kier alpha value is -1.63. The molecule has 0 amide bonds. The van der Waals surface area contributed by atoms with Crippen LogP contribution in [-0.2, 0) is 0 Å². The Kier molecular flexibility index (Phi) is 6.82. The molecule has 0 N–H and O–H groups in total. The molecule has 3 saturated carbocycles. The Morgan fingerprint density at radius 3 is 2.51 bits per heavy atom. The summed E-state index contributed by atoms with van der Waals surface area (Å²) in [6, 6.07) is 11.8. The number of benzene rings is 1. The maximum atomic E-state index is 2.76. The Morgan fingerprint density at radius 2 is 1.70 bits per heavy atom. The molecule has 1 heterocycles. The van der Waals surface area contributed by atoms with E-state index in [0.717, 1.165) is 35.5 Å². The molecule has 6 rings (SSSR count). The van der Waals surface area contributed by atoms with E-state index >= 15 is 0 Å². The first-order chi connectivity index (χ1) is 17.8.